The number of carbonyl (C=O) groups is 1. The van der Waals surface area contributed by atoms with E-state index in [0.29, 0.717) is 31.5 Å². The molecule has 1 fully saturated rings. The molecule has 1 saturated heterocycles. The van der Waals surface area contributed by atoms with Crippen molar-refractivity contribution in [3.8, 4) is 11.4 Å². The van der Waals surface area contributed by atoms with Crippen LogP contribution in [0.25, 0.3) is 22.6 Å². The zero-order chi connectivity index (χ0) is 26.6. The number of aromatic nitrogens is 6. The predicted octanol–water partition coefficient (Wildman–Crippen LogP) is 2.36. The summed E-state index contributed by atoms with van der Waals surface area (Å²) in [5.41, 5.74) is 5.47. The average Bonchev–Trinajstić information content (AvgIpc) is 3.27. The quantitative estimate of drug-likeness (QED) is 0.265. The van der Waals surface area contributed by atoms with Crippen molar-refractivity contribution in [2.24, 2.45) is 7.05 Å². The molecule has 1 aliphatic heterocycles. The van der Waals surface area contributed by atoms with Gasteiger partial charge in [0.25, 0.3) is 5.91 Å². The number of imidazole rings is 1. The first kappa shape index (κ1) is 25.5. The molecule has 0 saturated carbocycles. The number of carbonyl (C=O) groups excluding carboxylic acids is 1. The second kappa shape index (κ2) is 11.1. The maximum absolute atomic E-state index is 11.6. The van der Waals surface area contributed by atoms with Gasteiger partial charge in [-0.15, -0.1) is 0 Å². The molecule has 0 spiro atoms. The summed E-state index contributed by atoms with van der Waals surface area (Å²) in [6.45, 7) is 5.31. The van der Waals surface area contributed by atoms with Crippen molar-refractivity contribution >= 4 is 28.8 Å². The Morgan fingerprint density at radius 2 is 1.82 bits per heavy atom. The molecule has 5 rings (SSSR count). The van der Waals surface area contributed by atoms with Gasteiger partial charge < -0.3 is 19.1 Å². The van der Waals surface area contributed by atoms with Gasteiger partial charge in [0.2, 0.25) is 5.95 Å². The molecule has 3 aromatic heterocycles. The summed E-state index contributed by atoms with van der Waals surface area (Å²) in [6.07, 6.45) is 4.86. The Bertz CT molecular complexity index is 1410. The Balaban J connectivity index is 1.51. The van der Waals surface area contributed by atoms with Crippen LogP contribution in [0.2, 0.25) is 0 Å². The minimum absolute atomic E-state index is 0.160. The van der Waals surface area contributed by atoms with E-state index < -0.39 is 5.91 Å². The van der Waals surface area contributed by atoms with Crippen molar-refractivity contribution in [2.45, 2.75) is 26.3 Å². The van der Waals surface area contributed by atoms with Crippen LogP contribution in [0, 0.1) is 0 Å². The number of aryl methyl sites for hydroxylation is 2. The van der Waals surface area contributed by atoms with Crippen LogP contribution in [0.15, 0.2) is 36.7 Å². The second-order valence-electron chi connectivity index (χ2n) is 9.25. The van der Waals surface area contributed by atoms with E-state index in [2.05, 4.69) is 46.1 Å². The zero-order valence-electron chi connectivity index (χ0n) is 21.8. The fraction of sp³-hybridized carbons (Fsp3) is 0.385. The Hall–Kier alpha value is -4.16. The van der Waals surface area contributed by atoms with Crippen LogP contribution in [0.4, 0.5) is 11.8 Å². The molecule has 198 valence electrons. The third-order valence-corrected chi connectivity index (χ3v) is 6.58. The zero-order valence-corrected chi connectivity index (χ0v) is 21.8. The first-order chi connectivity index (χ1) is 18.5. The van der Waals surface area contributed by atoms with E-state index in [1.165, 1.54) is 18.0 Å². The summed E-state index contributed by atoms with van der Waals surface area (Å²) in [7, 11) is 3.79. The molecule has 0 unspecified atom stereocenters. The van der Waals surface area contributed by atoms with Gasteiger partial charge in [-0.05, 0) is 12.0 Å². The Labute approximate surface area is 220 Å². The van der Waals surface area contributed by atoms with Crippen LogP contribution in [0.5, 0.6) is 0 Å². The number of fused-ring (bicyclic) bond motifs is 1. The number of benzene rings is 1. The van der Waals surface area contributed by atoms with Crippen LogP contribution < -0.4 is 15.3 Å². The molecule has 4 aromatic rings. The first-order valence-corrected chi connectivity index (χ1v) is 12.6. The molecule has 0 aliphatic carbocycles. The largest absolute Gasteiger partial charge is 0.378 e. The average molecular weight is 518 g/mol. The molecule has 38 heavy (non-hydrogen) atoms. The molecule has 12 nitrogen and oxygen atoms in total. The maximum Gasteiger partial charge on any atom is 0.277 e. The number of morpholine rings is 1. The summed E-state index contributed by atoms with van der Waals surface area (Å²) >= 11 is 0. The summed E-state index contributed by atoms with van der Waals surface area (Å²) in [5, 5.41) is 8.81. The van der Waals surface area contributed by atoms with Gasteiger partial charge in [0.15, 0.2) is 22.8 Å². The minimum Gasteiger partial charge on any atom is -0.378 e. The van der Waals surface area contributed by atoms with Crippen molar-refractivity contribution in [1.82, 2.24) is 35.0 Å². The van der Waals surface area contributed by atoms with Gasteiger partial charge in [-0.3, -0.25) is 10.0 Å². The van der Waals surface area contributed by atoms with E-state index in [9.17, 15) is 4.79 Å². The molecule has 1 aromatic carbocycles. The predicted molar refractivity (Wildman–Crippen MR) is 142 cm³/mol. The third-order valence-electron chi connectivity index (χ3n) is 6.58. The second-order valence-corrected chi connectivity index (χ2v) is 9.25. The number of amides is 1. The number of nitrogens with one attached hydrogen (secondary N) is 1. The molecule has 1 amide bonds. The van der Waals surface area contributed by atoms with E-state index in [1.807, 2.05) is 23.6 Å². The highest BCUT2D eigenvalue weighted by molar-refractivity contribution is 5.92. The highest BCUT2D eigenvalue weighted by Gasteiger charge is 2.23. The smallest absolute Gasteiger partial charge is 0.277 e. The van der Waals surface area contributed by atoms with Crippen molar-refractivity contribution in [3.05, 3.63) is 53.6 Å². The number of nitrogens with zero attached hydrogens (tertiary/aromatic N) is 8. The molecule has 12 heteroatoms. The van der Waals surface area contributed by atoms with E-state index in [-0.39, 0.29) is 5.56 Å². The van der Waals surface area contributed by atoms with Gasteiger partial charge in [0.05, 0.1) is 25.3 Å². The number of hydroxylamine groups is 1. The summed E-state index contributed by atoms with van der Waals surface area (Å²) in [4.78, 5) is 39.0. The summed E-state index contributed by atoms with van der Waals surface area (Å²) in [5.74, 6) is 1.97. The van der Waals surface area contributed by atoms with Gasteiger partial charge in [0, 0.05) is 45.1 Å². The Morgan fingerprint density at radius 3 is 2.47 bits per heavy atom. The third kappa shape index (κ3) is 5.13. The van der Waals surface area contributed by atoms with Crippen molar-refractivity contribution in [2.75, 3.05) is 43.2 Å². The number of rotatable bonds is 8. The lowest BCUT2D eigenvalue weighted by atomic mass is 10.1. The molecule has 2 N–H and O–H groups in total. The molecule has 0 radical (unpaired) electrons. The molecule has 4 heterocycles. The Kier molecular flexibility index (Phi) is 7.43. The van der Waals surface area contributed by atoms with Gasteiger partial charge in [-0.2, -0.15) is 0 Å². The molecular formula is C26H31N9O3. The number of hydrogen-bond donors (Lipinski definition) is 2. The SMILES string of the molecule is CCCc1ccc(-c2nc(N3CCOCC3)c3nc(CN(C)c4ncc(C(=O)NO)cn4)n(C)c3n2)cc1. The van der Waals surface area contributed by atoms with Crippen LogP contribution in [0.3, 0.4) is 0 Å². The van der Waals surface area contributed by atoms with Crippen molar-refractivity contribution in [3.63, 3.8) is 0 Å². The molecule has 0 bridgehead atoms. The van der Waals surface area contributed by atoms with Crippen molar-refractivity contribution in [1.29, 1.82) is 0 Å². The van der Waals surface area contributed by atoms with E-state index in [4.69, 9.17) is 24.9 Å². The normalized spacial score (nSPS) is 13.6. The minimum atomic E-state index is -0.667. The molecule has 0 atom stereocenters. The highest BCUT2D eigenvalue weighted by Crippen LogP contribution is 2.29. The van der Waals surface area contributed by atoms with E-state index in [1.54, 1.807) is 5.48 Å². The van der Waals surface area contributed by atoms with Gasteiger partial charge in [0.1, 0.15) is 5.82 Å². The van der Waals surface area contributed by atoms with Gasteiger partial charge >= 0.3 is 0 Å². The topological polar surface area (TPSA) is 134 Å². The number of hydrogen-bond acceptors (Lipinski definition) is 10. The highest BCUT2D eigenvalue weighted by atomic mass is 16.5. The molecular weight excluding hydrogens is 486 g/mol. The molecule has 1 aliphatic rings. The fourth-order valence-corrected chi connectivity index (χ4v) is 4.45. The van der Waals surface area contributed by atoms with Gasteiger partial charge in [-0.25, -0.2) is 30.4 Å². The fourth-order valence-electron chi connectivity index (χ4n) is 4.45. The van der Waals surface area contributed by atoms with E-state index in [0.717, 1.165) is 54.3 Å². The monoisotopic (exact) mass is 517 g/mol. The number of ether oxygens (including phenoxy) is 1. The summed E-state index contributed by atoms with van der Waals surface area (Å²) in [6, 6.07) is 8.44. The van der Waals surface area contributed by atoms with Crippen LogP contribution in [-0.2, 0) is 24.8 Å². The lowest BCUT2D eigenvalue weighted by Gasteiger charge is -2.28. The lowest BCUT2D eigenvalue weighted by Crippen LogP contribution is -2.37. The maximum atomic E-state index is 11.6. The van der Waals surface area contributed by atoms with Gasteiger partial charge in [-0.1, -0.05) is 37.6 Å². The van der Waals surface area contributed by atoms with Crippen LogP contribution in [0.1, 0.15) is 35.1 Å². The first-order valence-electron chi connectivity index (χ1n) is 12.6. The van der Waals surface area contributed by atoms with Crippen LogP contribution in [-0.4, -0.2) is 74.0 Å². The van der Waals surface area contributed by atoms with Crippen LogP contribution >= 0.6 is 0 Å². The lowest BCUT2D eigenvalue weighted by molar-refractivity contribution is 0.0705. The van der Waals surface area contributed by atoms with E-state index >= 15 is 0 Å². The Morgan fingerprint density at radius 1 is 1.11 bits per heavy atom. The van der Waals surface area contributed by atoms with Crippen molar-refractivity contribution < 1.29 is 14.7 Å². The number of anilines is 2. The standard InChI is InChI=1S/C26H31N9O3/c1-4-5-17-6-8-18(9-7-17)22-30-23-21(24(31-22)35-10-12-38-13-11-35)29-20(34(23)3)16-33(2)26-27-14-19(15-28-26)25(36)32-37/h6-9,14-15,37H,4-5,10-13,16H2,1-3H3,(H,32,36). The summed E-state index contributed by atoms with van der Waals surface area (Å²) < 4.78 is 7.55.